The van der Waals surface area contributed by atoms with Gasteiger partial charge in [-0.3, -0.25) is 9.78 Å². The summed E-state index contributed by atoms with van der Waals surface area (Å²) in [4.78, 5) is 18.0. The average Bonchev–Trinajstić information content (AvgIpc) is 2.65. The zero-order valence-electron chi connectivity index (χ0n) is 15.3. The Kier molecular flexibility index (Phi) is 5.34. The van der Waals surface area contributed by atoms with Crippen molar-refractivity contribution in [2.45, 2.75) is 6.42 Å². The number of nitrogens with one attached hydrogen (secondary N) is 1. The van der Waals surface area contributed by atoms with Gasteiger partial charge in [0.2, 0.25) is 5.91 Å². The Labute approximate surface area is 166 Å². The normalized spacial score (nSPS) is 10.5. The Morgan fingerprint density at radius 3 is 2.75 bits per heavy atom. The van der Waals surface area contributed by atoms with Crippen molar-refractivity contribution < 1.29 is 9.18 Å². The summed E-state index contributed by atoms with van der Waals surface area (Å²) in [6.45, 7) is 0. The summed E-state index contributed by atoms with van der Waals surface area (Å²) in [6, 6.07) is 9.63. The number of fused-ring (bicyclic) bond motifs is 1. The van der Waals surface area contributed by atoms with Gasteiger partial charge >= 0.3 is 0 Å². The number of pyridine rings is 1. The minimum absolute atomic E-state index is 0.0429. The Bertz CT molecular complexity index is 1120. The number of nitrogen functional groups attached to an aromatic ring is 1. The highest BCUT2D eigenvalue weighted by molar-refractivity contribution is 6.31. The van der Waals surface area contributed by atoms with Crippen LogP contribution >= 0.6 is 11.6 Å². The highest BCUT2D eigenvalue weighted by Crippen LogP contribution is 2.33. The first kappa shape index (κ1) is 19.4. The van der Waals surface area contributed by atoms with Crippen LogP contribution < -0.4 is 11.1 Å². The third-order valence-corrected chi connectivity index (χ3v) is 4.51. The van der Waals surface area contributed by atoms with Gasteiger partial charge in [0.15, 0.2) is 0 Å². The highest BCUT2D eigenvalue weighted by Gasteiger charge is 2.16. The van der Waals surface area contributed by atoms with Gasteiger partial charge in [-0.25, -0.2) is 4.39 Å². The molecule has 0 unspecified atom stereocenters. The van der Waals surface area contributed by atoms with Crippen molar-refractivity contribution in [1.82, 2.24) is 9.88 Å². The minimum atomic E-state index is -0.541. The first-order valence-corrected chi connectivity index (χ1v) is 8.71. The molecule has 3 N–H and O–H groups in total. The molecule has 8 heteroatoms. The predicted molar refractivity (Wildman–Crippen MR) is 108 cm³/mol. The molecule has 0 saturated heterocycles. The number of nitrogens with two attached hydrogens (primary N) is 1. The molecule has 0 fully saturated rings. The maximum absolute atomic E-state index is 13.5. The first-order valence-electron chi connectivity index (χ1n) is 8.33. The standard InChI is InChI=1S/C20H17ClFN5O/c1-27(2)18(28)6-11-5-13(24)7-15-19(11)25-10-12(9-23)20(15)26-14-3-4-17(22)16(21)8-14/h3-5,7-8,10H,6,24H2,1-2H3,(H,25,26). The van der Waals surface area contributed by atoms with Crippen LogP contribution in [0.15, 0.2) is 36.5 Å². The summed E-state index contributed by atoms with van der Waals surface area (Å²) in [5, 5.41) is 13.1. The quantitative estimate of drug-likeness (QED) is 0.652. The monoisotopic (exact) mass is 397 g/mol. The third-order valence-electron chi connectivity index (χ3n) is 4.22. The van der Waals surface area contributed by atoms with Gasteiger partial charge < -0.3 is 16.0 Å². The maximum atomic E-state index is 13.5. The molecule has 6 nitrogen and oxygen atoms in total. The Morgan fingerprint density at radius 1 is 1.36 bits per heavy atom. The molecule has 0 saturated carbocycles. The Morgan fingerprint density at radius 2 is 2.11 bits per heavy atom. The molecule has 2 aromatic carbocycles. The maximum Gasteiger partial charge on any atom is 0.226 e. The minimum Gasteiger partial charge on any atom is -0.399 e. The van der Waals surface area contributed by atoms with E-state index in [9.17, 15) is 14.4 Å². The van der Waals surface area contributed by atoms with Crippen molar-refractivity contribution >= 4 is 45.5 Å². The van der Waals surface area contributed by atoms with Crippen LogP contribution in [0.5, 0.6) is 0 Å². The van der Waals surface area contributed by atoms with E-state index in [1.165, 1.54) is 29.3 Å². The van der Waals surface area contributed by atoms with Crippen LogP contribution in [-0.2, 0) is 11.2 Å². The topological polar surface area (TPSA) is 95.0 Å². The molecule has 1 heterocycles. The second kappa shape index (κ2) is 7.71. The van der Waals surface area contributed by atoms with Gasteiger partial charge in [-0.2, -0.15) is 5.26 Å². The van der Waals surface area contributed by atoms with E-state index in [-0.39, 0.29) is 22.9 Å². The van der Waals surface area contributed by atoms with Gasteiger partial charge in [0, 0.05) is 37.1 Å². The number of benzene rings is 2. The van der Waals surface area contributed by atoms with E-state index in [1.54, 1.807) is 26.2 Å². The van der Waals surface area contributed by atoms with Crippen LogP contribution in [0, 0.1) is 17.1 Å². The van der Waals surface area contributed by atoms with E-state index in [0.29, 0.717) is 33.5 Å². The lowest BCUT2D eigenvalue weighted by atomic mass is 10.0. The van der Waals surface area contributed by atoms with Crippen LogP contribution in [0.4, 0.5) is 21.5 Å². The zero-order chi connectivity index (χ0) is 20.4. The van der Waals surface area contributed by atoms with Crippen molar-refractivity contribution in [2.75, 3.05) is 25.1 Å². The number of carbonyl (C=O) groups excluding carboxylic acids is 1. The number of halogens is 2. The molecule has 0 aliphatic heterocycles. The molecule has 0 spiro atoms. The van der Waals surface area contributed by atoms with Gasteiger partial charge in [0.05, 0.1) is 28.2 Å². The summed E-state index contributed by atoms with van der Waals surface area (Å²) >= 11 is 5.85. The third kappa shape index (κ3) is 3.82. The molecular weight excluding hydrogens is 381 g/mol. The molecule has 1 amide bonds. The summed E-state index contributed by atoms with van der Waals surface area (Å²) in [7, 11) is 3.34. The molecule has 0 bridgehead atoms. The fraction of sp³-hybridized carbons (Fsp3) is 0.150. The lowest BCUT2D eigenvalue weighted by molar-refractivity contribution is -0.127. The van der Waals surface area contributed by atoms with Crippen LogP contribution in [-0.4, -0.2) is 29.9 Å². The summed E-state index contributed by atoms with van der Waals surface area (Å²) in [6.07, 6.45) is 1.55. The SMILES string of the molecule is CN(C)C(=O)Cc1cc(N)cc2c(Nc3ccc(F)c(Cl)c3)c(C#N)cnc12. The van der Waals surface area contributed by atoms with Crippen LogP contribution in [0.1, 0.15) is 11.1 Å². The lowest BCUT2D eigenvalue weighted by Gasteiger charge is -2.16. The number of nitrogens with zero attached hydrogens (tertiary/aromatic N) is 3. The molecule has 1 aromatic heterocycles. The summed E-state index contributed by atoms with van der Waals surface area (Å²) in [5.74, 6) is -0.640. The second-order valence-corrected chi connectivity index (χ2v) is 6.86. The second-order valence-electron chi connectivity index (χ2n) is 6.45. The molecule has 142 valence electrons. The highest BCUT2D eigenvalue weighted by atomic mass is 35.5. The number of anilines is 3. The summed E-state index contributed by atoms with van der Waals surface area (Å²) in [5.41, 5.74) is 8.93. The molecule has 0 atom stereocenters. The molecule has 0 aliphatic carbocycles. The van der Waals surface area contributed by atoms with Crippen LogP contribution in [0.3, 0.4) is 0 Å². The number of nitriles is 1. The largest absolute Gasteiger partial charge is 0.399 e. The fourth-order valence-electron chi connectivity index (χ4n) is 2.79. The van der Waals surface area contributed by atoms with Gasteiger partial charge in [0.25, 0.3) is 0 Å². The van der Waals surface area contributed by atoms with Gasteiger partial charge in [0.1, 0.15) is 11.9 Å². The van der Waals surface area contributed by atoms with E-state index in [2.05, 4.69) is 16.4 Å². The zero-order valence-corrected chi connectivity index (χ0v) is 16.0. The van der Waals surface area contributed by atoms with Crippen molar-refractivity contribution in [2.24, 2.45) is 0 Å². The molecule has 0 aliphatic rings. The van der Waals surface area contributed by atoms with E-state index >= 15 is 0 Å². The van der Waals surface area contributed by atoms with Gasteiger partial charge in [-0.15, -0.1) is 0 Å². The molecule has 3 rings (SSSR count). The number of amides is 1. The van der Waals surface area contributed by atoms with E-state index in [0.717, 1.165) is 0 Å². The fourth-order valence-corrected chi connectivity index (χ4v) is 2.97. The van der Waals surface area contributed by atoms with Gasteiger partial charge in [-0.1, -0.05) is 11.6 Å². The Balaban J connectivity index is 2.17. The predicted octanol–water partition coefficient (Wildman–Crippen LogP) is 3.86. The number of carbonyl (C=O) groups is 1. The number of aromatic nitrogens is 1. The van der Waals surface area contributed by atoms with Crippen LogP contribution in [0.25, 0.3) is 10.9 Å². The van der Waals surface area contributed by atoms with Crippen molar-refractivity contribution in [3.63, 3.8) is 0 Å². The van der Waals surface area contributed by atoms with E-state index in [1.807, 2.05) is 0 Å². The molecule has 3 aromatic rings. The van der Waals surface area contributed by atoms with Crippen molar-refractivity contribution in [1.29, 1.82) is 5.26 Å². The average molecular weight is 398 g/mol. The molecular formula is C20H17ClFN5O. The number of rotatable bonds is 4. The number of hydrogen-bond donors (Lipinski definition) is 2. The van der Waals surface area contributed by atoms with Crippen molar-refractivity contribution in [3.8, 4) is 6.07 Å². The van der Waals surface area contributed by atoms with Crippen molar-refractivity contribution in [3.05, 3.63) is 58.5 Å². The van der Waals surface area contributed by atoms with Crippen LogP contribution in [0.2, 0.25) is 5.02 Å². The van der Waals surface area contributed by atoms with Gasteiger partial charge in [-0.05, 0) is 35.9 Å². The Hall–Kier alpha value is -3.37. The molecule has 28 heavy (non-hydrogen) atoms. The smallest absolute Gasteiger partial charge is 0.226 e. The lowest BCUT2D eigenvalue weighted by Crippen LogP contribution is -2.23. The summed E-state index contributed by atoms with van der Waals surface area (Å²) < 4.78 is 13.5. The molecule has 0 radical (unpaired) electrons. The number of hydrogen-bond acceptors (Lipinski definition) is 5. The van der Waals surface area contributed by atoms with E-state index in [4.69, 9.17) is 17.3 Å². The van der Waals surface area contributed by atoms with E-state index < -0.39 is 5.82 Å². The number of likely N-dealkylation sites (N-methyl/N-ethyl adjacent to an activating group) is 1. The first-order chi connectivity index (χ1) is 13.3.